The number of nitrogens with zero attached hydrogens (tertiary/aromatic N) is 2. The Morgan fingerprint density at radius 2 is 1.84 bits per heavy atom. The van der Waals surface area contributed by atoms with Gasteiger partial charge in [-0.15, -0.1) is 0 Å². The molecule has 0 bridgehead atoms. The molecular formula is C24H26ClN3O2S. The summed E-state index contributed by atoms with van der Waals surface area (Å²) in [7, 11) is 0. The predicted molar refractivity (Wildman–Crippen MR) is 128 cm³/mol. The minimum atomic E-state index is -0.478. The maximum Gasteiger partial charge on any atom is 0.270 e. The molecule has 5 nitrogen and oxygen atoms in total. The number of carbonyl (C=O) groups is 2. The highest BCUT2D eigenvalue weighted by molar-refractivity contribution is 7.80. The highest BCUT2D eigenvalue weighted by atomic mass is 35.5. The predicted octanol–water partition coefficient (Wildman–Crippen LogP) is 5.40. The molecule has 2 fully saturated rings. The van der Waals surface area contributed by atoms with E-state index in [9.17, 15) is 9.59 Å². The highest BCUT2D eigenvalue weighted by Crippen LogP contribution is 2.34. The summed E-state index contributed by atoms with van der Waals surface area (Å²) in [6.45, 7) is 5.97. The van der Waals surface area contributed by atoms with Crippen molar-refractivity contribution in [2.45, 2.75) is 58.9 Å². The number of aryl methyl sites for hydroxylation is 1. The van der Waals surface area contributed by atoms with E-state index < -0.39 is 11.8 Å². The minimum absolute atomic E-state index is 0.0604. The molecule has 4 rings (SSSR count). The molecule has 0 unspecified atom stereocenters. The normalized spacial score (nSPS) is 19.3. The van der Waals surface area contributed by atoms with Crippen molar-refractivity contribution >= 4 is 52.5 Å². The van der Waals surface area contributed by atoms with Crippen molar-refractivity contribution in [3.63, 3.8) is 0 Å². The third-order valence-electron chi connectivity index (χ3n) is 6.34. The molecule has 0 radical (unpaired) electrons. The highest BCUT2D eigenvalue weighted by Gasteiger charge is 2.35. The van der Waals surface area contributed by atoms with E-state index in [-0.39, 0.29) is 10.7 Å². The van der Waals surface area contributed by atoms with E-state index in [4.69, 9.17) is 23.8 Å². The zero-order valence-corrected chi connectivity index (χ0v) is 19.6. The smallest absolute Gasteiger partial charge is 0.270 e. The van der Waals surface area contributed by atoms with E-state index in [0.717, 1.165) is 22.5 Å². The summed E-state index contributed by atoms with van der Waals surface area (Å²) < 4.78 is 2.36. The van der Waals surface area contributed by atoms with Gasteiger partial charge in [0.1, 0.15) is 5.57 Å². The van der Waals surface area contributed by atoms with Gasteiger partial charge in [-0.05, 0) is 81.2 Å². The van der Waals surface area contributed by atoms with Crippen LogP contribution in [0.1, 0.15) is 60.7 Å². The number of benzene rings is 1. The zero-order valence-electron chi connectivity index (χ0n) is 18.0. The number of thiocarbonyl (C=S) groups is 1. The Balaban J connectivity index is 1.73. The van der Waals surface area contributed by atoms with Crippen LogP contribution in [-0.2, 0) is 9.59 Å². The van der Waals surface area contributed by atoms with Crippen LogP contribution in [0.15, 0.2) is 29.8 Å². The van der Waals surface area contributed by atoms with E-state index in [1.54, 1.807) is 24.3 Å². The van der Waals surface area contributed by atoms with Crippen LogP contribution in [0.5, 0.6) is 0 Å². The first kappa shape index (κ1) is 21.8. The van der Waals surface area contributed by atoms with Gasteiger partial charge in [0.25, 0.3) is 11.8 Å². The Bertz CT molecular complexity index is 1110. The summed E-state index contributed by atoms with van der Waals surface area (Å²) in [5, 5.41) is 3.25. The van der Waals surface area contributed by atoms with Crippen molar-refractivity contribution < 1.29 is 9.59 Å². The van der Waals surface area contributed by atoms with Crippen LogP contribution >= 0.6 is 23.8 Å². The Hall–Kier alpha value is -2.44. The maximum atomic E-state index is 13.4. The molecule has 1 N–H and O–H groups in total. The Kier molecular flexibility index (Phi) is 6.04. The van der Waals surface area contributed by atoms with Gasteiger partial charge in [0.05, 0.1) is 5.69 Å². The molecule has 7 heteroatoms. The number of aromatic nitrogens is 1. The molecule has 0 spiro atoms. The lowest BCUT2D eigenvalue weighted by Gasteiger charge is -2.30. The number of anilines is 1. The summed E-state index contributed by atoms with van der Waals surface area (Å²) in [4.78, 5) is 27.4. The van der Waals surface area contributed by atoms with Gasteiger partial charge < -0.3 is 4.57 Å². The van der Waals surface area contributed by atoms with E-state index in [2.05, 4.69) is 29.8 Å². The average molecular weight is 456 g/mol. The lowest BCUT2D eigenvalue weighted by Crippen LogP contribution is -2.54. The molecule has 1 aliphatic heterocycles. The van der Waals surface area contributed by atoms with E-state index in [1.807, 2.05) is 6.92 Å². The minimum Gasteiger partial charge on any atom is -0.346 e. The molecule has 162 valence electrons. The van der Waals surface area contributed by atoms with Gasteiger partial charge in [-0.3, -0.25) is 19.8 Å². The second-order valence-electron chi connectivity index (χ2n) is 8.33. The van der Waals surface area contributed by atoms with E-state index in [1.165, 1.54) is 37.0 Å². The van der Waals surface area contributed by atoms with Crippen LogP contribution in [0.4, 0.5) is 5.69 Å². The van der Waals surface area contributed by atoms with Gasteiger partial charge >= 0.3 is 0 Å². The van der Waals surface area contributed by atoms with Gasteiger partial charge in [0.2, 0.25) is 0 Å². The Morgan fingerprint density at radius 3 is 2.55 bits per heavy atom. The fourth-order valence-corrected chi connectivity index (χ4v) is 5.16. The molecule has 1 aromatic carbocycles. The van der Waals surface area contributed by atoms with E-state index >= 15 is 0 Å². The van der Waals surface area contributed by atoms with Gasteiger partial charge in [0, 0.05) is 22.5 Å². The Labute approximate surface area is 193 Å². The fourth-order valence-electron chi connectivity index (χ4n) is 4.72. The largest absolute Gasteiger partial charge is 0.346 e. The first-order chi connectivity index (χ1) is 14.8. The van der Waals surface area contributed by atoms with Crippen LogP contribution in [0.3, 0.4) is 0 Å². The molecular weight excluding hydrogens is 430 g/mol. The van der Waals surface area contributed by atoms with Crippen molar-refractivity contribution in [3.05, 3.63) is 57.4 Å². The molecule has 1 saturated heterocycles. The molecule has 2 amide bonds. The molecule has 0 atom stereocenters. The third-order valence-corrected chi connectivity index (χ3v) is 7.04. The van der Waals surface area contributed by atoms with Crippen molar-refractivity contribution in [1.82, 2.24) is 9.88 Å². The summed E-state index contributed by atoms with van der Waals surface area (Å²) in [6.07, 6.45) is 7.80. The summed E-state index contributed by atoms with van der Waals surface area (Å²) >= 11 is 11.6. The monoisotopic (exact) mass is 455 g/mol. The number of amides is 2. The molecule has 2 heterocycles. The maximum absolute atomic E-state index is 13.4. The SMILES string of the molecule is Cc1c(Cl)cccc1N1C(=O)/C(=C/c2cc(C)n(C3CCCCC3)c2C)C(=O)NC1=S. The van der Waals surface area contributed by atoms with Crippen molar-refractivity contribution in [1.29, 1.82) is 0 Å². The van der Waals surface area contributed by atoms with Crippen LogP contribution in [0, 0.1) is 20.8 Å². The van der Waals surface area contributed by atoms with E-state index in [0.29, 0.717) is 16.8 Å². The first-order valence-electron chi connectivity index (χ1n) is 10.6. The molecule has 1 aliphatic carbocycles. The number of carbonyl (C=O) groups excluding carboxylic acids is 2. The Morgan fingerprint density at radius 1 is 1.13 bits per heavy atom. The second-order valence-corrected chi connectivity index (χ2v) is 9.12. The van der Waals surface area contributed by atoms with Crippen molar-refractivity contribution in [3.8, 4) is 0 Å². The van der Waals surface area contributed by atoms with Gasteiger partial charge in [-0.25, -0.2) is 0 Å². The van der Waals surface area contributed by atoms with Crippen molar-refractivity contribution in [2.24, 2.45) is 0 Å². The number of rotatable bonds is 3. The number of halogens is 1. The summed E-state index contributed by atoms with van der Waals surface area (Å²) in [6, 6.07) is 7.83. The van der Waals surface area contributed by atoms with Crippen LogP contribution in [-0.4, -0.2) is 21.5 Å². The summed E-state index contributed by atoms with van der Waals surface area (Å²) in [5.41, 5.74) is 4.48. The molecule has 1 aromatic heterocycles. The third kappa shape index (κ3) is 3.94. The van der Waals surface area contributed by atoms with Crippen LogP contribution < -0.4 is 10.2 Å². The second kappa shape index (κ2) is 8.60. The average Bonchev–Trinajstić information content (AvgIpc) is 3.02. The van der Waals surface area contributed by atoms with Gasteiger partial charge in [0.15, 0.2) is 5.11 Å². The van der Waals surface area contributed by atoms with Crippen LogP contribution in [0.2, 0.25) is 5.02 Å². The first-order valence-corrected chi connectivity index (χ1v) is 11.4. The molecule has 2 aliphatic rings. The standard InChI is InChI=1S/C24H26ClN3O2S/c1-14-12-17(16(3)27(14)18-8-5-4-6-9-18)13-19-22(29)26-24(31)28(23(19)30)21-11-7-10-20(25)15(21)2/h7,10-13,18H,4-6,8-9H2,1-3H3,(H,26,29,31)/b19-13+. The fraction of sp³-hybridized carbons (Fsp3) is 0.375. The van der Waals surface area contributed by atoms with Crippen LogP contribution in [0.25, 0.3) is 6.08 Å². The number of hydrogen-bond donors (Lipinski definition) is 1. The lowest BCUT2D eigenvalue weighted by atomic mass is 9.95. The van der Waals surface area contributed by atoms with Gasteiger partial charge in [-0.2, -0.15) is 0 Å². The summed E-state index contributed by atoms with van der Waals surface area (Å²) in [5.74, 6) is -0.921. The lowest BCUT2D eigenvalue weighted by molar-refractivity contribution is -0.122. The number of nitrogens with one attached hydrogen (secondary N) is 1. The van der Waals surface area contributed by atoms with Gasteiger partial charge in [-0.1, -0.05) is 36.9 Å². The zero-order chi connectivity index (χ0) is 22.3. The topological polar surface area (TPSA) is 54.3 Å². The quantitative estimate of drug-likeness (QED) is 0.383. The molecule has 1 saturated carbocycles. The van der Waals surface area contributed by atoms with Crippen molar-refractivity contribution in [2.75, 3.05) is 4.90 Å². The molecule has 2 aromatic rings. The molecule has 31 heavy (non-hydrogen) atoms. The number of hydrogen-bond acceptors (Lipinski definition) is 3.